The molecule has 6 nitrogen and oxygen atoms in total. The van der Waals surface area contributed by atoms with Crippen molar-refractivity contribution in [3.05, 3.63) is 60.8 Å². The van der Waals surface area contributed by atoms with Gasteiger partial charge in [-0.2, -0.15) is 0 Å². The molecule has 1 amide bonds. The van der Waals surface area contributed by atoms with E-state index in [1.807, 2.05) is 0 Å². The highest BCUT2D eigenvalue weighted by atomic mass is 16.5. The van der Waals surface area contributed by atoms with E-state index < -0.39 is 18.2 Å². The molecule has 0 aromatic heterocycles. The van der Waals surface area contributed by atoms with Gasteiger partial charge >= 0.3 is 5.97 Å². The van der Waals surface area contributed by atoms with Crippen LogP contribution in [0.2, 0.25) is 0 Å². The molecular weight excluding hydrogens is 719 g/mol. The van der Waals surface area contributed by atoms with Crippen molar-refractivity contribution in [2.75, 3.05) is 6.61 Å². The van der Waals surface area contributed by atoms with Crippen molar-refractivity contribution in [2.24, 2.45) is 0 Å². The van der Waals surface area contributed by atoms with Gasteiger partial charge in [0, 0.05) is 6.42 Å². The molecule has 58 heavy (non-hydrogen) atoms. The Morgan fingerprint density at radius 2 is 0.931 bits per heavy atom. The molecule has 0 aromatic rings. The highest BCUT2D eigenvalue weighted by molar-refractivity contribution is 5.77. The summed E-state index contributed by atoms with van der Waals surface area (Å²) in [5.41, 5.74) is 0. The standard InChI is InChI=1S/C52H93NO5/c1-4-7-10-13-16-19-22-24-26-27-29-31-34-37-40-43-48(58-52(57)45-42-39-36-33-30-28-25-23-20-17-14-11-8-5-2)46-51(56)53-49(47-54)50(55)44-41-38-35-32-21-18-15-12-9-6-3/h8,11,16-17,19-20,24-26,28,48-50,54-55H,4-7,9-10,12-15,18,21-23,27,29-47H2,1-3H3,(H,53,56)/b11-8+,19-16-,20-17+,26-24-,28-25+. The van der Waals surface area contributed by atoms with Gasteiger partial charge in [-0.15, -0.1) is 0 Å². The molecule has 0 aliphatic heterocycles. The zero-order valence-corrected chi connectivity index (χ0v) is 38.2. The average molecular weight is 812 g/mol. The van der Waals surface area contributed by atoms with E-state index in [1.54, 1.807) is 0 Å². The van der Waals surface area contributed by atoms with Gasteiger partial charge in [-0.1, -0.05) is 191 Å². The monoisotopic (exact) mass is 812 g/mol. The van der Waals surface area contributed by atoms with Crippen LogP contribution in [0.25, 0.3) is 0 Å². The van der Waals surface area contributed by atoms with Crippen LogP contribution in [0, 0.1) is 0 Å². The maximum Gasteiger partial charge on any atom is 0.306 e. The first-order chi connectivity index (χ1) is 28.5. The highest BCUT2D eigenvalue weighted by Gasteiger charge is 2.24. The molecule has 0 aliphatic carbocycles. The van der Waals surface area contributed by atoms with Crippen LogP contribution in [0.1, 0.15) is 233 Å². The zero-order chi connectivity index (χ0) is 42.4. The average Bonchev–Trinajstić information content (AvgIpc) is 3.22. The number of aliphatic hydroxyl groups excluding tert-OH is 2. The third-order valence-electron chi connectivity index (χ3n) is 10.8. The fraction of sp³-hybridized carbons (Fsp3) is 0.769. The Morgan fingerprint density at radius 3 is 1.45 bits per heavy atom. The first-order valence-electron chi connectivity index (χ1n) is 24.5. The van der Waals surface area contributed by atoms with Gasteiger partial charge in [0.25, 0.3) is 0 Å². The first-order valence-corrected chi connectivity index (χ1v) is 24.5. The molecule has 3 atom stereocenters. The summed E-state index contributed by atoms with van der Waals surface area (Å²) in [5, 5.41) is 23.7. The molecule has 336 valence electrons. The fourth-order valence-electron chi connectivity index (χ4n) is 7.12. The van der Waals surface area contributed by atoms with Crippen molar-refractivity contribution in [3.63, 3.8) is 0 Å². The smallest absolute Gasteiger partial charge is 0.306 e. The van der Waals surface area contributed by atoms with E-state index in [1.165, 1.54) is 83.5 Å². The molecule has 0 radical (unpaired) electrons. The zero-order valence-electron chi connectivity index (χ0n) is 38.2. The SMILES string of the molecule is CC/C=C/C/C=C/C/C=C/CCCCCCC(=O)OC(CCCCCCC/C=C\C/C=C\CCCCC)CC(=O)NC(CO)C(O)CCCCCCCCCCCC. The second kappa shape index (κ2) is 45.6. The number of carbonyl (C=O) groups is 2. The minimum atomic E-state index is -0.795. The molecule has 3 unspecified atom stereocenters. The molecule has 0 fully saturated rings. The van der Waals surface area contributed by atoms with Crippen molar-refractivity contribution < 1.29 is 24.5 Å². The lowest BCUT2D eigenvalue weighted by Gasteiger charge is -2.24. The largest absolute Gasteiger partial charge is 0.462 e. The molecular formula is C52H93NO5. The van der Waals surface area contributed by atoms with E-state index >= 15 is 0 Å². The Balaban J connectivity index is 4.67. The first kappa shape index (κ1) is 55.6. The number of esters is 1. The third-order valence-corrected chi connectivity index (χ3v) is 10.8. The molecule has 0 saturated heterocycles. The van der Waals surface area contributed by atoms with Gasteiger partial charge in [0.05, 0.1) is 25.2 Å². The van der Waals surface area contributed by atoms with Crippen molar-refractivity contribution in [2.45, 2.75) is 251 Å². The molecule has 0 aromatic carbocycles. The van der Waals surface area contributed by atoms with Gasteiger partial charge < -0.3 is 20.3 Å². The number of nitrogens with one attached hydrogen (secondary N) is 1. The Morgan fingerprint density at radius 1 is 0.517 bits per heavy atom. The molecule has 6 heteroatoms. The summed E-state index contributed by atoms with van der Waals surface area (Å²) in [6.07, 6.45) is 55.6. The second-order valence-electron chi connectivity index (χ2n) is 16.5. The third kappa shape index (κ3) is 40.3. The summed E-state index contributed by atoms with van der Waals surface area (Å²) in [5.74, 6) is -0.515. The van der Waals surface area contributed by atoms with E-state index in [4.69, 9.17) is 4.74 Å². The molecule has 0 saturated carbocycles. The number of unbranched alkanes of at least 4 members (excludes halogenated alkanes) is 21. The number of rotatable bonds is 43. The van der Waals surface area contributed by atoms with Crippen LogP contribution in [0.15, 0.2) is 60.8 Å². The summed E-state index contributed by atoms with van der Waals surface area (Å²) in [4.78, 5) is 26.1. The molecule has 0 bridgehead atoms. The van der Waals surface area contributed by atoms with E-state index in [9.17, 15) is 19.8 Å². The Kier molecular flexibility index (Phi) is 43.7. The molecule has 0 rings (SSSR count). The van der Waals surface area contributed by atoms with Crippen LogP contribution in [-0.4, -0.2) is 46.9 Å². The van der Waals surface area contributed by atoms with Crippen LogP contribution in [0.4, 0.5) is 0 Å². The summed E-state index contributed by atoms with van der Waals surface area (Å²) >= 11 is 0. The predicted molar refractivity (Wildman–Crippen MR) is 250 cm³/mol. The maximum absolute atomic E-state index is 13.2. The van der Waals surface area contributed by atoms with Gasteiger partial charge in [-0.3, -0.25) is 9.59 Å². The van der Waals surface area contributed by atoms with Gasteiger partial charge in [-0.05, 0) is 89.9 Å². The number of hydrogen-bond donors (Lipinski definition) is 3. The van der Waals surface area contributed by atoms with Gasteiger partial charge in [0.2, 0.25) is 5.91 Å². The Hall–Kier alpha value is -2.44. The second-order valence-corrected chi connectivity index (χ2v) is 16.5. The fourth-order valence-corrected chi connectivity index (χ4v) is 7.12. The summed E-state index contributed by atoms with van der Waals surface area (Å²) in [6, 6.07) is -0.711. The van der Waals surface area contributed by atoms with Gasteiger partial charge in [0.1, 0.15) is 6.10 Å². The summed E-state index contributed by atoms with van der Waals surface area (Å²) in [6.45, 7) is 6.32. The van der Waals surface area contributed by atoms with Gasteiger partial charge in [0.15, 0.2) is 0 Å². The van der Waals surface area contributed by atoms with Crippen molar-refractivity contribution in [3.8, 4) is 0 Å². The molecule has 0 aliphatic rings. The quantitative estimate of drug-likeness (QED) is 0.0324. The number of allylic oxidation sites excluding steroid dienone is 10. The molecule has 0 heterocycles. The Labute approximate surface area is 358 Å². The topological polar surface area (TPSA) is 95.9 Å². The van der Waals surface area contributed by atoms with Crippen molar-refractivity contribution in [1.82, 2.24) is 5.32 Å². The van der Waals surface area contributed by atoms with E-state index in [-0.39, 0.29) is 24.9 Å². The van der Waals surface area contributed by atoms with Crippen LogP contribution in [0.3, 0.4) is 0 Å². The van der Waals surface area contributed by atoms with Crippen LogP contribution in [-0.2, 0) is 14.3 Å². The number of ether oxygens (including phenoxy) is 1. The number of amides is 1. The van der Waals surface area contributed by atoms with Crippen molar-refractivity contribution in [1.29, 1.82) is 0 Å². The lowest BCUT2D eigenvalue weighted by Crippen LogP contribution is -2.46. The van der Waals surface area contributed by atoms with Crippen LogP contribution >= 0.6 is 0 Å². The maximum atomic E-state index is 13.2. The van der Waals surface area contributed by atoms with E-state index in [2.05, 4.69) is 86.8 Å². The summed E-state index contributed by atoms with van der Waals surface area (Å²) < 4.78 is 5.91. The number of aliphatic hydroxyl groups is 2. The lowest BCUT2D eigenvalue weighted by molar-refractivity contribution is -0.151. The predicted octanol–water partition coefficient (Wildman–Crippen LogP) is 14.5. The van der Waals surface area contributed by atoms with Crippen LogP contribution < -0.4 is 5.32 Å². The number of hydrogen-bond acceptors (Lipinski definition) is 5. The summed E-state index contributed by atoms with van der Waals surface area (Å²) in [7, 11) is 0. The molecule has 0 spiro atoms. The van der Waals surface area contributed by atoms with Crippen molar-refractivity contribution >= 4 is 11.9 Å². The minimum Gasteiger partial charge on any atom is -0.462 e. The minimum absolute atomic E-state index is 0.0576. The van der Waals surface area contributed by atoms with E-state index in [0.29, 0.717) is 19.3 Å². The highest BCUT2D eigenvalue weighted by Crippen LogP contribution is 2.17. The molecule has 3 N–H and O–H groups in total. The number of carbonyl (C=O) groups excluding carboxylic acids is 2. The van der Waals surface area contributed by atoms with Gasteiger partial charge in [-0.25, -0.2) is 0 Å². The van der Waals surface area contributed by atoms with E-state index in [0.717, 1.165) is 103 Å². The lowest BCUT2D eigenvalue weighted by atomic mass is 10.0. The normalized spacial score (nSPS) is 13.8. The van der Waals surface area contributed by atoms with Crippen LogP contribution in [0.5, 0.6) is 0 Å². The Bertz CT molecular complexity index is 1050.